The van der Waals surface area contributed by atoms with Gasteiger partial charge in [-0.25, -0.2) is 18.6 Å². The molecule has 0 radical (unpaired) electrons. The molecule has 2 aliphatic carbocycles. The summed E-state index contributed by atoms with van der Waals surface area (Å²) in [7, 11) is 0. The van der Waals surface area contributed by atoms with Crippen molar-refractivity contribution in [3.05, 3.63) is 75.8 Å². The topological polar surface area (TPSA) is 110 Å². The Morgan fingerprint density at radius 1 is 1.12 bits per heavy atom. The number of rotatable bonds is 3. The number of hydrogen-bond donors (Lipinski definition) is 1. The standard InChI is InChI=1S/C23H18F2N6O2/c1-22(2)12-6-7-23(22,17-10-26-9-16(27-17)20-28-21(32)33-31-20)19-11(12)8-15(29-30-19)18-13(24)4-3-5-14(18)25/h3-5,8-10,12H,6-7H2,1-2H3,(H,28,31,32)/t12-,23-/m0/s1. The molecule has 1 fully saturated rings. The maximum atomic E-state index is 14.4. The van der Waals surface area contributed by atoms with E-state index in [2.05, 4.69) is 43.7 Å². The summed E-state index contributed by atoms with van der Waals surface area (Å²) in [5, 5.41) is 12.4. The van der Waals surface area contributed by atoms with E-state index in [0.717, 1.165) is 24.1 Å². The van der Waals surface area contributed by atoms with Crippen LogP contribution in [0.2, 0.25) is 0 Å². The first kappa shape index (κ1) is 19.8. The van der Waals surface area contributed by atoms with Gasteiger partial charge >= 0.3 is 5.76 Å². The van der Waals surface area contributed by atoms with Crippen molar-refractivity contribution in [3.8, 4) is 22.8 Å². The van der Waals surface area contributed by atoms with Crippen LogP contribution in [0.3, 0.4) is 0 Å². The van der Waals surface area contributed by atoms with E-state index in [1.807, 2.05) is 0 Å². The van der Waals surface area contributed by atoms with Crippen molar-refractivity contribution in [2.24, 2.45) is 5.41 Å². The Labute approximate surface area is 186 Å². The number of nitrogens with zero attached hydrogens (tertiary/aromatic N) is 5. The maximum absolute atomic E-state index is 14.4. The van der Waals surface area contributed by atoms with Gasteiger partial charge in [-0.1, -0.05) is 25.1 Å². The molecular formula is C23H18F2N6O2. The molecule has 0 spiro atoms. The lowest BCUT2D eigenvalue weighted by atomic mass is 9.66. The molecule has 2 bridgehead atoms. The van der Waals surface area contributed by atoms with Gasteiger partial charge < -0.3 is 0 Å². The largest absolute Gasteiger partial charge is 0.439 e. The van der Waals surface area contributed by atoms with E-state index in [-0.39, 0.29) is 28.4 Å². The SMILES string of the molecule is CC1(C)[C@H]2CC[C@]1(c1cncc(-c3noc(=O)[nH]3)n1)c1nnc(-c3c(F)cccc3F)cc12. The molecule has 1 aromatic carbocycles. The van der Waals surface area contributed by atoms with Crippen LogP contribution in [-0.4, -0.2) is 30.3 Å². The molecule has 8 nitrogen and oxygen atoms in total. The van der Waals surface area contributed by atoms with Crippen LogP contribution in [0.15, 0.2) is 46.0 Å². The van der Waals surface area contributed by atoms with Crippen LogP contribution in [-0.2, 0) is 5.41 Å². The molecular weight excluding hydrogens is 430 g/mol. The highest BCUT2D eigenvalue weighted by Gasteiger charge is 2.65. The predicted octanol–water partition coefficient (Wildman–Crippen LogP) is 3.76. The van der Waals surface area contributed by atoms with E-state index >= 15 is 0 Å². The lowest BCUT2D eigenvalue weighted by Crippen LogP contribution is -2.38. The number of benzene rings is 1. The Bertz CT molecular complexity index is 1460. The number of aromatic nitrogens is 6. The van der Waals surface area contributed by atoms with Gasteiger partial charge in [0.2, 0.25) is 5.82 Å². The highest BCUT2D eigenvalue weighted by Crippen LogP contribution is 2.69. The third kappa shape index (κ3) is 2.54. The lowest BCUT2D eigenvalue weighted by Gasteiger charge is -2.37. The van der Waals surface area contributed by atoms with Crippen molar-refractivity contribution >= 4 is 0 Å². The molecule has 0 unspecified atom stereocenters. The number of aromatic amines is 1. The second-order valence-corrected chi connectivity index (χ2v) is 9.08. The number of halogens is 2. The minimum atomic E-state index is -0.679. The minimum Gasteiger partial charge on any atom is -0.296 e. The Kier molecular flexibility index (Phi) is 3.96. The molecule has 0 saturated heterocycles. The van der Waals surface area contributed by atoms with Gasteiger partial charge in [-0.05, 0) is 47.9 Å². The summed E-state index contributed by atoms with van der Waals surface area (Å²) in [4.78, 5) is 23.0. The summed E-state index contributed by atoms with van der Waals surface area (Å²) >= 11 is 0. The zero-order valence-electron chi connectivity index (χ0n) is 17.8. The monoisotopic (exact) mass is 448 g/mol. The van der Waals surface area contributed by atoms with Crippen molar-refractivity contribution in [1.82, 2.24) is 30.3 Å². The second kappa shape index (κ2) is 6.60. The zero-order valence-corrected chi connectivity index (χ0v) is 17.8. The zero-order chi connectivity index (χ0) is 23.0. The minimum absolute atomic E-state index is 0.105. The quantitative estimate of drug-likeness (QED) is 0.508. The molecule has 3 aromatic heterocycles. The molecule has 1 N–H and O–H groups in total. The van der Waals surface area contributed by atoms with Crippen molar-refractivity contribution in [3.63, 3.8) is 0 Å². The third-order valence-corrected chi connectivity index (χ3v) is 7.36. The number of nitrogens with one attached hydrogen (secondary N) is 1. The fraction of sp³-hybridized carbons (Fsp3) is 0.304. The molecule has 166 valence electrons. The van der Waals surface area contributed by atoms with Gasteiger partial charge in [0, 0.05) is 6.20 Å². The fourth-order valence-electron chi connectivity index (χ4n) is 5.78. The van der Waals surface area contributed by atoms with Crippen LogP contribution in [0.4, 0.5) is 8.78 Å². The molecule has 1 saturated carbocycles. The number of fused-ring (bicyclic) bond motifs is 5. The molecule has 2 atom stereocenters. The summed E-state index contributed by atoms with van der Waals surface area (Å²) in [5.41, 5.74) is 1.79. The molecule has 4 aromatic rings. The molecule has 10 heteroatoms. The third-order valence-electron chi connectivity index (χ3n) is 7.36. The second-order valence-electron chi connectivity index (χ2n) is 9.08. The highest BCUT2D eigenvalue weighted by molar-refractivity contribution is 5.64. The first-order chi connectivity index (χ1) is 15.8. The summed E-state index contributed by atoms with van der Waals surface area (Å²) in [5.74, 6) is -1.74. The van der Waals surface area contributed by atoms with E-state index in [1.54, 1.807) is 12.3 Å². The molecule has 0 amide bonds. The van der Waals surface area contributed by atoms with Gasteiger partial charge in [-0.3, -0.25) is 14.5 Å². The average Bonchev–Trinajstić information content (AvgIpc) is 3.40. The van der Waals surface area contributed by atoms with E-state index in [1.165, 1.54) is 24.4 Å². The van der Waals surface area contributed by atoms with E-state index in [4.69, 9.17) is 4.98 Å². The molecule has 6 rings (SSSR count). The predicted molar refractivity (Wildman–Crippen MR) is 112 cm³/mol. The number of H-pyrrole nitrogens is 1. The van der Waals surface area contributed by atoms with Gasteiger partial charge in [0.15, 0.2) is 0 Å². The summed E-state index contributed by atoms with van der Waals surface area (Å²) in [6.07, 6.45) is 4.82. The maximum Gasteiger partial charge on any atom is 0.439 e. The van der Waals surface area contributed by atoms with Gasteiger partial charge in [0.05, 0.1) is 34.3 Å². The van der Waals surface area contributed by atoms with Gasteiger partial charge in [0.1, 0.15) is 17.3 Å². The summed E-state index contributed by atoms with van der Waals surface area (Å²) in [6, 6.07) is 5.49. The Morgan fingerprint density at radius 3 is 2.64 bits per heavy atom. The van der Waals surface area contributed by atoms with Crippen molar-refractivity contribution < 1.29 is 13.3 Å². The Morgan fingerprint density at radius 2 is 1.91 bits per heavy atom. The first-order valence-electron chi connectivity index (χ1n) is 10.5. The summed E-state index contributed by atoms with van der Waals surface area (Å²) in [6.45, 7) is 4.28. The average molecular weight is 448 g/mol. The normalized spacial score (nSPS) is 22.5. The van der Waals surface area contributed by atoms with Gasteiger partial charge in [-0.2, -0.15) is 5.10 Å². The van der Waals surface area contributed by atoms with Crippen molar-refractivity contribution in [1.29, 1.82) is 0 Å². The molecule has 3 heterocycles. The van der Waals surface area contributed by atoms with Crippen LogP contribution < -0.4 is 5.76 Å². The van der Waals surface area contributed by atoms with E-state index in [0.29, 0.717) is 11.4 Å². The Balaban J connectivity index is 1.53. The van der Waals surface area contributed by atoms with E-state index < -0.39 is 22.8 Å². The number of hydrogen-bond acceptors (Lipinski definition) is 7. The van der Waals surface area contributed by atoms with Crippen LogP contribution in [0.1, 0.15) is 49.6 Å². The van der Waals surface area contributed by atoms with Crippen LogP contribution in [0, 0.1) is 17.0 Å². The molecule has 2 aliphatic rings. The van der Waals surface area contributed by atoms with Crippen LogP contribution in [0.5, 0.6) is 0 Å². The van der Waals surface area contributed by atoms with Gasteiger partial charge in [-0.15, -0.1) is 5.10 Å². The van der Waals surface area contributed by atoms with Crippen molar-refractivity contribution in [2.75, 3.05) is 0 Å². The van der Waals surface area contributed by atoms with E-state index in [9.17, 15) is 13.6 Å². The Hall–Kier alpha value is -3.82. The fourth-order valence-corrected chi connectivity index (χ4v) is 5.78. The molecule has 33 heavy (non-hydrogen) atoms. The lowest BCUT2D eigenvalue weighted by molar-refractivity contribution is 0.242. The first-order valence-corrected chi connectivity index (χ1v) is 10.5. The highest BCUT2D eigenvalue weighted by atomic mass is 19.1. The van der Waals surface area contributed by atoms with Crippen LogP contribution >= 0.6 is 0 Å². The van der Waals surface area contributed by atoms with Crippen LogP contribution in [0.25, 0.3) is 22.8 Å². The molecule has 0 aliphatic heterocycles. The summed E-state index contributed by atoms with van der Waals surface area (Å²) < 4.78 is 33.4. The van der Waals surface area contributed by atoms with Gasteiger partial charge in [0.25, 0.3) is 0 Å². The van der Waals surface area contributed by atoms with Crippen molar-refractivity contribution in [2.45, 2.75) is 38.0 Å². The smallest absolute Gasteiger partial charge is 0.296 e.